The van der Waals surface area contributed by atoms with Crippen molar-refractivity contribution in [1.29, 1.82) is 5.26 Å². The van der Waals surface area contributed by atoms with Crippen LogP contribution in [0.5, 0.6) is 0 Å². The van der Waals surface area contributed by atoms with Crippen molar-refractivity contribution in [1.82, 2.24) is 0 Å². The summed E-state index contributed by atoms with van der Waals surface area (Å²) in [5, 5.41) is 18.6. The molecule has 9 aromatic rings. The van der Waals surface area contributed by atoms with Crippen molar-refractivity contribution in [2.24, 2.45) is 0 Å². The molecule has 0 radical (unpaired) electrons. The summed E-state index contributed by atoms with van der Waals surface area (Å²) in [6.45, 7) is 9.71. The van der Waals surface area contributed by atoms with Gasteiger partial charge in [0.25, 0.3) is 12.2 Å². The number of nitrogens with zero attached hydrogens (tertiary/aromatic N) is 3. The minimum absolute atomic E-state index is 0.0402. The molecule has 0 fully saturated rings. The van der Waals surface area contributed by atoms with Crippen molar-refractivity contribution in [2.75, 3.05) is 4.90 Å². The number of fused-ring (bicyclic) bond motifs is 2. The lowest BCUT2D eigenvalue weighted by atomic mass is 10.1. The Hall–Kier alpha value is -6.42. The molecule has 0 amide bonds. The quantitative estimate of drug-likeness (QED) is 0.0244. The number of hydrogen-bond acceptors (Lipinski definition) is 11. The number of hydrogen-bond donors (Lipinski definition) is 1. The van der Waals surface area contributed by atoms with Crippen molar-refractivity contribution in [3.63, 3.8) is 0 Å². The topological polar surface area (TPSA) is 95.0 Å². The second kappa shape index (κ2) is 19.8. The standard InChI is InChI=1S/C52H37N3O4S6/c1-3-4-5-6-7-39-20-21-44(60-39)45-23-22-43(63-45)32-8-14-35(15-9-32)55(36-16-10-33(11-17-36)46-28-50-48(64-46)26-40(61-50)24-38(30-53)59-31-56)37-18-12-34(13-19-37)47-29-51-49(65-47)27-41(62-51)25-42(54-2)52(57)58/h8-29,31H,3-7H2,1H3,(H,57,58)/b38-24+,42-25-. The van der Waals surface area contributed by atoms with E-state index >= 15 is 0 Å². The summed E-state index contributed by atoms with van der Waals surface area (Å²) in [6, 6.07) is 45.2. The summed E-state index contributed by atoms with van der Waals surface area (Å²) < 4.78 is 9.06. The Labute approximate surface area is 400 Å². The number of carboxylic acid groups (broad SMARTS) is 1. The third-order valence-electron chi connectivity index (χ3n) is 10.6. The highest BCUT2D eigenvalue weighted by atomic mass is 32.1. The van der Waals surface area contributed by atoms with Crippen LogP contribution < -0.4 is 4.90 Å². The maximum atomic E-state index is 11.4. The molecular weight excluding hydrogens is 923 g/mol. The van der Waals surface area contributed by atoms with Gasteiger partial charge in [-0.15, -0.1) is 68.0 Å². The van der Waals surface area contributed by atoms with Crippen molar-refractivity contribution < 1.29 is 19.4 Å². The Morgan fingerprint density at radius 2 is 1.15 bits per heavy atom. The Balaban J connectivity index is 0.993. The summed E-state index contributed by atoms with van der Waals surface area (Å²) >= 11 is 10.1. The first-order valence-corrected chi connectivity index (χ1v) is 25.6. The van der Waals surface area contributed by atoms with Crippen molar-refractivity contribution in [2.45, 2.75) is 39.0 Å². The van der Waals surface area contributed by atoms with E-state index in [2.05, 4.69) is 126 Å². The Morgan fingerprint density at radius 1 is 0.646 bits per heavy atom. The van der Waals surface area contributed by atoms with Crippen LogP contribution in [-0.4, -0.2) is 17.5 Å². The highest BCUT2D eigenvalue weighted by Crippen LogP contribution is 2.44. The molecule has 0 unspecified atom stereocenters. The SMILES string of the molecule is [C-]#[N+]/C(=C\c1cc2sc(-c3ccc(N(c4ccc(-c5ccc(-c6ccc(CCCCCC)s6)s5)cc4)c4ccc(-c5cc6sc(/C=C(\C#N)OC=O)cc6s5)cc4)cc3)cc2s1)C(=O)O. The zero-order chi connectivity index (χ0) is 44.9. The molecule has 6 heterocycles. The second-order valence-corrected chi connectivity index (χ2v) is 21.6. The first-order chi connectivity index (χ1) is 31.8. The van der Waals surface area contributed by atoms with Gasteiger partial charge in [-0.05, 0) is 121 Å². The van der Waals surface area contributed by atoms with E-state index in [1.807, 2.05) is 40.9 Å². The first kappa shape index (κ1) is 43.8. The number of allylic oxidation sites excluding steroid dienone is 1. The van der Waals surface area contributed by atoms with Crippen LogP contribution in [0.15, 0.2) is 133 Å². The van der Waals surface area contributed by atoms with E-state index in [9.17, 15) is 20.0 Å². The predicted octanol–water partition coefficient (Wildman–Crippen LogP) is 17.0. The predicted molar refractivity (Wildman–Crippen MR) is 276 cm³/mol. The molecule has 9 rings (SSSR count). The zero-order valence-electron chi connectivity index (χ0n) is 34.8. The molecule has 0 spiro atoms. The van der Waals surface area contributed by atoms with E-state index < -0.39 is 5.97 Å². The fraction of sp³-hybridized carbons (Fsp3) is 0.115. The number of rotatable bonds is 17. The van der Waals surface area contributed by atoms with Gasteiger partial charge in [0.1, 0.15) is 6.07 Å². The number of anilines is 3. The first-order valence-electron chi connectivity index (χ1n) is 20.7. The molecular formula is C52H37N3O4S6. The van der Waals surface area contributed by atoms with E-state index in [0.717, 1.165) is 72.9 Å². The molecule has 0 saturated heterocycles. The van der Waals surface area contributed by atoms with Crippen LogP contribution in [0.4, 0.5) is 17.1 Å². The number of aliphatic carboxylic acids is 1. The van der Waals surface area contributed by atoms with Gasteiger partial charge >= 0.3 is 5.97 Å². The van der Waals surface area contributed by atoms with Crippen LogP contribution in [0, 0.1) is 17.9 Å². The van der Waals surface area contributed by atoms with Gasteiger partial charge < -0.3 is 14.7 Å². The minimum Gasteiger partial charge on any atom is -0.486 e. The van der Waals surface area contributed by atoms with Crippen molar-refractivity contribution in [3.8, 4) is 47.1 Å². The highest BCUT2D eigenvalue weighted by molar-refractivity contribution is 7.30. The van der Waals surface area contributed by atoms with Crippen LogP contribution in [0.3, 0.4) is 0 Å². The molecule has 0 saturated carbocycles. The van der Waals surface area contributed by atoms with Crippen molar-refractivity contribution in [3.05, 3.63) is 159 Å². The molecule has 0 aliphatic heterocycles. The smallest absolute Gasteiger partial charge is 0.333 e. The lowest BCUT2D eigenvalue weighted by Crippen LogP contribution is -2.09. The van der Waals surface area contributed by atoms with Crippen LogP contribution in [0.25, 0.3) is 76.9 Å². The maximum Gasteiger partial charge on any atom is 0.333 e. The number of ether oxygens (including phenoxy) is 1. The molecule has 3 aromatic carbocycles. The second-order valence-electron chi connectivity index (χ2n) is 15.0. The summed E-state index contributed by atoms with van der Waals surface area (Å²) in [5.41, 5.74) is 6.11. The van der Waals surface area contributed by atoms with Gasteiger partial charge in [0, 0.05) is 81.0 Å². The number of thiophene rings is 6. The number of aryl methyl sites for hydroxylation is 1. The van der Waals surface area contributed by atoms with Gasteiger partial charge in [0.05, 0.1) is 6.57 Å². The summed E-state index contributed by atoms with van der Waals surface area (Å²) in [5.74, 6) is -1.26. The molecule has 0 atom stereocenters. The van der Waals surface area contributed by atoms with Crippen LogP contribution in [-0.2, 0) is 20.7 Å². The van der Waals surface area contributed by atoms with Crippen LogP contribution >= 0.6 is 68.0 Å². The monoisotopic (exact) mass is 959 g/mol. The van der Waals surface area contributed by atoms with Crippen LogP contribution in [0.1, 0.15) is 47.2 Å². The lowest BCUT2D eigenvalue weighted by Gasteiger charge is -2.26. The molecule has 65 heavy (non-hydrogen) atoms. The van der Waals surface area contributed by atoms with Gasteiger partial charge in [-0.1, -0.05) is 62.6 Å². The molecule has 0 bridgehead atoms. The van der Waals surface area contributed by atoms with Gasteiger partial charge in [-0.3, -0.25) is 9.59 Å². The number of carboxylic acids is 1. The molecule has 6 aromatic heterocycles. The van der Waals surface area contributed by atoms with Gasteiger partial charge in [-0.25, -0.2) is 4.85 Å². The van der Waals surface area contributed by atoms with Gasteiger partial charge in [-0.2, -0.15) is 5.26 Å². The maximum absolute atomic E-state index is 11.4. The van der Waals surface area contributed by atoms with E-state index in [0.29, 0.717) is 0 Å². The molecule has 0 aliphatic carbocycles. The minimum atomic E-state index is -1.22. The number of unbranched alkanes of at least 4 members (excludes halogenated alkanes) is 3. The lowest BCUT2D eigenvalue weighted by molar-refractivity contribution is -0.132. The largest absolute Gasteiger partial charge is 0.486 e. The molecule has 7 nitrogen and oxygen atoms in total. The van der Waals surface area contributed by atoms with Crippen molar-refractivity contribution >= 4 is 128 Å². The number of carbonyl (C=O) groups is 2. The average molecular weight is 960 g/mol. The summed E-state index contributed by atoms with van der Waals surface area (Å²) in [6.07, 6.45) is 9.26. The molecule has 320 valence electrons. The third kappa shape index (κ3) is 9.82. The Kier molecular flexibility index (Phi) is 13.3. The normalized spacial score (nSPS) is 11.8. The van der Waals surface area contributed by atoms with Crippen LogP contribution in [0.2, 0.25) is 0 Å². The van der Waals surface area contributed by atoms with E-state index in [4.69, 9.17) is 11.3 Å². The third-order valence-corrected chi connectivity index (χ3v) is 17.7. The van der Waals surface area contributed by atoms with Gasteiger partial charge in [0.2, 0.25) is 5.76 Å². The Bertz CT molecular complexity index is 3240. The summed E-state index contributed by atoms with van der Waals surface area (Å²) in [7, 11) is 0. The van der Waals surface area contributed by atoms with Gasteiger partial charge in [0.15, 0.2) is 0 Å². The molecule has 13 heteroatoms. The van der Waals surface area contributed by atoms with E-state index in [1.54, 1.807) is 40.1 Å². The number of benzene rings is 3. The Morgan fingerprint density at radius 3 is 1.66 bits per heavy atom. The van der Waals surface area contributed by atoms with E-state index in [1.165, 1.54) is 68.2 Å². The number of carbonyl (C=O) groups excluding carboxylic acids is 1. The average Bonchev–Trinajstić information content (AvgIpc) is 4.19. The fourth-order valence-electron chi connectivity index (χ4n) is 7.45. The summed E-state index contributed by atoms with van der Waals surface area (Å²) in [4.78, 5) is 36.7. The molecule has 1 N–H and O–H groups in total. The van der Waals surface area contributed by atoms with E-state index in [-0.39, 0.29) is 17.9 Å². The fourth-order valence-corrected chi connectivity index (χ4v) is 14.3. The highest BCUT2D eigenvalue weighted by Gasteiger charge is 2.17. The number of nitriles is 1. The molecule has 0 aliphatic rings. The zero-order valence-corrected chi connectivity index (χ0v) is 39.7.